The van der Waals surface area contributed by atoms with E-state index in [9.17, 15) is 9.18 Å². The smallest absolute Gasteiger partial charge is 0.267 e. The molecule has 0 radical (unpaired) electrons. The van der Waals surface area contributed by atoms with Gasteiger partial charge in [-0.15, -0.1) is 11.3 Å². The van der Waals surface area contributed by atoms with Gasteiger partial charge >= 0.3 is 0 Å². The third-order valence-electron chi connectivity index (χ3n) is 2.21. The van der Waals surface area contributed by atoms with E-state index in [0.29, 0.717) is 0 Å². The third-order valence-corrected chi connectivity index (χ3v) is 3.14. The fourth-order valence-corrected chi connectivity index (χ4v) is 2.12. The predicted octanol–water partition coefficient (Wildman–Crippen LogP) is 2.96. The molecule has 2 aromatic rings. The molecule has 0 atom stereocenters. The molecule has 0 spiro atoms. The van der Waals surface area contributed by atoms with Crippen molar-refractivity contribution >= 4 is 23.5 Å². The van der Waals surface area contributed by atoms with Gasteiger partial charge in [-0.3, -0.25) is 4.79 Å². The SMILES string of the molecule is Cc1ccc(C=NNC(=O)c2cccc(F)c2)s1. The monoisotopic (exact) mass is 262 g/mol. The minimum atomic E-state index is -0.444. The van der Waals surface area contributed by atoms with Crippen molar-refractivity contribution in [2.24, 2.45) is 5.10 Å². The quantitative estimate of drug-likeness (QED) is 0.670. The molecule has 0 saturated heterocycles. The molecule has 1 N–H and O–H groups in total. The number of nitrogens with zero attached hydrogens (tertiary/aromatic N) is 1. The Hall–Kier alpha value is -2.01. The van der Waals surface area contributed by atoms with Crippen LogP contribution in [0.3, 0.4) is 0 Å². The van der Waals surface area contributed by atoms with Crippen LogP contribution in [0, 0.1) is 12.7 Å². The van der Waals surface area contributed by atoms with Crippen LogP contribution in [-0.4, -0.2) is 12.1 Å². The number of carbonyl (C=O) groups excluding carboxylic acids is 1. The number of hydrogen-bond donors (Lipinski definition) is 1. The lowest BCUT2D eigenvalue weighted by Gasteiger charge is -1.98. The van der Waals surface area contributed by atoms with Crippen molar-refractivity contribution in [3.8, 4) is 0 Å². The number of carbonyl (C=O) groups is 1. The van der Waals surface area contributed by atoms with E-state index in [1.54, 1.807) is 17.6 Å². The molecule has 1 aromatic carbocycles. The van der Waals surface area contributed by atoms with E-state index in [4.69, 9.17) is 0 Å². The van der Waals surface area contributed by atoms with Gasteiger partial charge in [0.2, 0.25) is 0 Å². The summed E-state index contributed by atoms with van der Waals surface area (Å²) in [7, 11) is 0. The van der Waals surface area contributed by atoms with E-state index in [-0.39, 0.29) is 5.56 Å². The molecule has 92 valence electrons. The number of thiophene rings is 1. The average molecular weight is 262 g/mol. The van der Waals surface area contributed by atoms with E-state index in [1.807, 2.05) is 19.1 Å². The number of nitrogens with one attached hydrogen (secondary N) is 1. The van der Waals surface area contributed by atoms with E-state index < -0.39 is 11.7 Å². The summed E-state index contributed by atoms with van der Waals surface area (Å²) >= 11 is 1.58. The Bertz CT molecular complexity index is 592. The highest BCUT2D eigenvalue weighted by Gasteiger charge is 2.04. The molecule has 2 rings (SSSR count). The predicted molar refractivity (Wildman–Crippen MR) is 70.5 cm³/mol. The topological polar surface area (TPSA) is 41.5 Å². The number of aryl methyl sites for hydroxylation is 1. The van der Waals surface area contributed by atoms with Crippen molar-refractivity contribution < 1.29 is 9.18 Å². The van der Waals surface area contributed by atoms with Crippen molar-refractivity contribution in [2.45, 2.75) is 6.92 Å². The molecule has 0 aliphatic rings. The first-order valence-electron chi connectivity index (χ1n) is 5.30. The highest BCUT2D eigenvalue weighted by atomic mass is 32.1. The van der Waals surface area contributed by atoms with Crippen molar-refractivity contribution in [1.82, 2.24) is 5.43 Å². The normalized spacial score (nSPS) is 10.8. The molecule has 1 aromatic heterocycles. The second-order valence-electron chi connectivity index (χ2n) is 3.66. The Balaban J connectivity index is 1.98. The molecular formula is C13H11FN2OS. The Morgan fingerprint density at radius 3 is 2.89 bits per heavy atom. The van der Waals surface area contributed by atoms with E-state index in [1.165, 1.54) is 29.1 Å². The maximum absolute atomic E-state index is 12.9. The second kappa shape index (κ2) is 5.55. The van der Waals surface area contributed by atoms with Crippen LogP contribution in [0.2, 0.25) is 0 Å². The van der Waals surface area contributed by atoms with Crippen LogP contribution in [0.15, 0.2) is 41.5 Å². The zero-order chi connectivity index (χ0) is 13.0. The number of benzene rings is 1. The minimum absolute atomic E-state index is 0.245. The van der Waals surface area contributed by atoms with Gasteiger partial charge < -0.3 is 0 Å². The Labute approximate surface area is 108 Å². The van der Waals surface area contributed by atoms with Crippen LogP contribution < -0.4 is 5.43 Å². The molecule has 5 heteroatoms. The summed E-state index contributed by atoms with van der Waals surface area (Å²) in [6.45, 7) is 1.99. The van der Waals surface area contributed by atoms with Crippen molar-refractivity contribution in [1.29, 1.82) is 0 Å². The summed E-state index contributed by atoms with van der Waals surface area (Å²) < 4.78 is 12.9. The van der Waals surface area contributed by atoms with Crippen molar-refractivity contribution in [3.05, 3.63) is 57.5 Å². The molecule has 18 heavy (non-hydrogen) atoms. The van der Waals surface area contributed by atoms with Gasteiger partial charge in [-0.1, -0.05) is 6.07 Å². The Morgan fingerprint density at radius 2 is 2.22 bits per heavy atom. The molecule has 0 bridgehead atoms. The molecule has 3 nitrogen and oxygen atoms in total. The lowest BCUT2D eigenvalue weighted by molar-refractivity contribution is 0.0954. The summed E-state index contributed by atoms with van der Waals surface area (Å²) in [5.41, 5.74) is 2.60. The number of amides is 1. The molecule has 0 aliphatic carbocycles. The standard InChI is InChI=1S/C13H11FN2OS/c1-9-5-6-12(18-9)8-15-16-13(17)10-3-2-4-11(14)7-10/h2-8H,1H3,(H,16,17). The Kier molecular flexibility index (Phi) is 3.84. The summed E-state index contributed by atoms with van der Waals surface area (Å²) in [5, 5.41) is 3.82. The summed E-state index contributed by atoms with van der Waals surface area (Å²) in [6.07, 6.45) is 1.56. The van der Waals surface area contributed by atoms with Crippen LogP contribution in [0.5, 0.6) is 0 Å². The largest absolute Gasteiger partial charge is 0.271 e. The van der Waals surface area contributed by atoms with Gasteiger partial charge in [-0.05, 0) is 37.3 Å². The second-order valence-corrected chi connectivity index (χ2v) is 4.98. The van der Waals surface area contributed by atoms with E-state index in [0.717, 1.165) is 4.88 Å². The van der Waals surface area contributed by atoms with Gasteiger partial charge in [0, 0.05) is 15.3 Å². The molecule has 1 amide bonds. The van der Waals surface area contributed by atoms with Gasteiger partial charge in [0.15, 0.2) is 0 Å². The highest BCUT2D eigenvalue weighted by Crippen LogP contribution is 2.12. The van der Waals surface area contributed by atoms with Crippen LogP contribution in [0.1, 0.15) is 20.1 Å². The summed E-state index contributed by atoms with van der Waals surface area (Å²) in [4.78, 5) is 13.7. The first-order valence-corrected chi connectivity index (χ1v) is 6.12. The van der Waals surface area contributed by atoms with E-state index >= 15 is 0 Å². The molecule has 0 fully saturated rings. The zero-order valence-corrected chi connectivity index (χ0v) is 10.5. The van der Waals surface area contributed by atoms with Crippen molar-refractivity contribution in [2.75, 3.05) is 0 Å². The number of hydrazone groups is 1. The van der Waals surface area contributed by atoms with Crippen LogP contribution in [0.25, 0.3) is 0 Å². The number of hydrogen-bond acceptors (Lipinski definition) is 3. The van der Waals surface area contributed by atoms with E-state index in [2.05, 4.69) is 10.5 Å². The first kappa shape index (κ1) is 12.4. The molecule has 0 aliphatic heterocycles. The number of rotatable bonds is 3. The lowest BCUT2D eigenvalue weighted by atomic mass is 10.2. The fourth-order valence-electron chi connectivity index (χ4n) is 1.37. The highest BCUT2D eigenvalue weighted by molar-refractivity contribution is 7.13. The van der Waals surface area contributed by atoms with Crippen LogP contribution >= 0.6 is 11.3 Å². The van der Waals surface area contributed by atoms with Gasteiger partial charge in [0.25, 0.3) is 5.91 Å². The summed E-state index contributed by atoms with van der Waals surface area (Å²) in [5.74, 6) is -0.875. The Morgan fingerprint density at radius 1 is 1.39 bits per heavy atom. The van der Waals surface area contributed by atoms with Gasteiger partial charge in [0.1, 0.15) is 5.82 Å². The molecule has 0 saturated carbocycles. The fraction of sp³-hybridized carbons (Fsp3) is 0.0769. The average Bonchev–Trinajstić information content (AvgIpc) is 2.75. The zero-order valence-electron chi connectivity index (χ0n) is 9.68. The van der Waals surface area contributed by atoms with Crippen LogP contribution in [-0.2, 0) is 0 Å². The van der Waals surface area contributed by atoms with Gasteiger partial charge in [-0.2, -0.15) is 5.10 Å². The molecule has 0 unspecified atom stereocenters. The van der Waals surface area contributed by atoms with Gasteiger partial charge in [0.05, 0.1) is 6.21 Å². The summed E-state index contributed by atoms with van der Waals surface area (Å²) in [6, 6.07) is 9.35. The third kappa shape index (κ3) is 3.24. The first-order chi connectivity index (χ1) is 8.65. The maximum Gasteiger partial charge on any atom is 0.271 e. The number of halogens is 1. The van der Waals surface area contributed by atoms with Gasteiger partial charge in [-0.25, -0.2) is 9.82 Å². The lowest BCUT2D eigenvalue weighted by Crippen LogP contribution is -2.17. The minimum Gasteiger partial charge on any atom is -0.267 e. The van der Waals surface area contributed by atoms with Crippen LogP contribution in [0.4, 0.5) is 4.39 Å². The molecule has 1 heterocycles. The van der Waals surface area contributed by atoms with Crippen molar-refractivity contribution in [3.63, 3.8) is 0 Å². The maximum atomic E-state index is 12.9. The molecular weight excluding hydrogens is 251 g/mol.